The molecule has 0 aliphatic carbocycles. The lowest BCUT2D eigenvalue weighted by atomic mass is 9.98. The molecule has 2 heteroatoms. The molecule has 0 atom stereocenters. The topological polar surface area (TPSA) is 18.5 Å². The van der Waals surface area contributed by atoms with E-state index < -0.39 is 0 Å². The summed E-state index contributed by atoms with van der Waals surface area (Å²) in [6.45, 7) is 4.39. The zero-order valence-electron chi connectivity index (χ0n) is 11.9. The van der Waals surface area contributed by atoms with Gasteiger partial charge in [0.05, 0.1) is 14.2 Å². The summed E-state index contributed by atoms with van der Waals surface area (Å²) in [4.78, 5) is 0. The van der Waals surface area contributed by atoms with Crippen LogP contribution >= 0.6 is 0 Å². The first-order valence-electron chi connectivity index (χ1n) is 6.48. The quantitative estimate of drug-likeness (QED) is 0.802. The summed E-state index contributed by atoms with van der Waals surface area (Å²) in [7, 11) is 3.34. The average molecular weight is 256 g/mol. The molecule has 2 nitrogen and oxygen atoms in total. The van der Waals surface area contributed by atoms with Gasteiger partial charge in [-0.05, 0) is 29.2 Å². The van der Waals surface area contributed by atoms with Gasteiger partial charge in [-0.15, -0.1) is 0 Å². The molecule has 2 aromatic rings. The predicted molar refractivity (Wildman–Crippen MR) is 79.1 cm³/mol. The fourth-order valence-corrected chi connectivity index (χ4v) is 2.08. The maximum Gasteiger partial charge on any atom is 0.130 e. The lowest BCUT2D eigenvalue weighted by Crippen LogP contribution is -1.91. The Morgan fingerprint density at radius 2 is 1.53 bits per heavy atom. The van der Waals surface area contributed by atoms with E-state index in [0.717, 1.165) is 22.6 Å². The summed E-state index contributed by atoms with van der Waals surface area (Å²) >= 11 is 0. The molecule has 0 fully saturated rings. The highest BCUT2D eigenvalue weighted by molar-refractivity contribution is 5.71. The maximum absolute atomic E-state index is 5.44. The van der Waals surface area contributed by atoms with Gasteiger partial charge in [0.2, 0.25) is 0 Å². The first kappa shape index (κ1) is 13.5. The van der Waals surface area contributed by atoms with Crippen molar-refractivity contribution in [2.45, 2.75) is 19.8 Å². The summed E-state index contributed by atoms with van der Waals surface area (Å²) in [6, 6.07) is 14.5. The smallest absolute Gasteiger partial charge is 0.130 e. The summed E-state index contributed by atoms with van der Waals surface area (Å²) in [5, 5.41) is 0. The highest BCUT2D eigenvalue weighted by Crippen LogP contribution is 2.33. The van der Waals surface area contributed by atoms with Gasteiger partial charge in [-0.3, -0.25) is 0 Å². The summed E-state index contributed by atoms with van der Waals surface area (Å²) in [5.74, 6) is 2.18. The molecule has 2 rings (SSSR count). The molecule has 2 aromatic carbocycles. The van der Waals surface area contributed by atoms with Crippen LogP contribution in [0.1, 0.15) is 25.3 Å². The Morgan fingerprint density at radius 3 is 2.05 bits per heavy atom. The molecule has 0 unspecified atom stereocenters. The van der Waals surface area contributed by atoms with Crippen LogP contribution in [0.25, 0.3) is 11.1 Å². The summed E-state index contributed by atoms with van der Waals surface area (Å²) in [5.41, 5.74) is 3.58. The lowest BCUT2D eigenvalue weighted by molar-refractivity contribution is 0.395. The molecule has 100 valence electrons. The van der Waals surface area contributed by atoms with Crippen LogP contribution in [0.2, 0.25) is 0 Å². The molecule has 0 aliphatic rings. The zero-order valence-corrected chi connectivity index (χ0v) is 11.9. The van der Waals surface area contributed by atoms with E-state index in [4.69, 9.17) is 9.47 Å². The maximum atomic E-state index is 5.44. The lowest BCUT2D eigenvalue weighted by Gasteiger charge is -2.12. The molecule has 0 radical (unpaired) electrons. The first-order valence-corrected chi connectivity index (χ1v) is 6.48. The van der Waals surface area contributed by atoms with Gasteiger partial charge >= 0.3 is 0 Å². The normalized spacial score (nSPS) is 10.6. The predicted octanol–water partition coefficient (Wildman–Crippen LogP) is 4.49. The Balaban J connectivity index is 2.40. The minimum absolute atomic E-state index is 0.548. The van der Waals surface area contributed by atoms with Crippen molar-refractivity contribution in [3.63, 3.8) is 0 Å². The van der Waals surface area contributed by atoms with Crippen molar-refractivity contribution < 1.29 is 9.47 Å². The third kappa shape index (κ3) is 2.90. The van der Waals surface area contributed by atoms with E-state index in [9.17, 15) is 0 Å². The van der Waals surface area contributed by atoms with Crippen LogP contribution in [0, 0.1) is 0 Å². The van der Waals surface area contributed by atoms with Crippen LogP contribution < -0.4 is 9.47 Å². The molecule has 0 N–H and O–H groups in total. The second kappa shape index (κ2) is 5.79. The Morgan fingerprint density at radius 1 is 0.842 bits per heavy atom. The Hall–Kier alpha value is -1.96. The number of ether oxygens (including phenoxy) is 2. The number of benzene rings is 2. The number of rotatable bonds is 4. The molecular weight excluding hydrogens is 236 g/mol. The molecule has 0 bridgehead atoms. The molecule has 0 saturated heterocycles. The van der Waals surface area contributed by atoms with E-state index in [-0.39, 0.29) is 0 Å². The molecule has 19 heavy (non-hydrogen) atoms. The van der Waals surface area contributed by atoms with E-state index >= 15 is 0 Å². The van der Waals surface area contributed by atoms with Crippen LogP contribution in [0.4, 0.5) is 0 Å². The molecule has 0 saturated carbocycles. The van der Waals surface area contributed by atoms with Gasteiger partial charge in [0.25, 0.3) is 0 Å². The van der Waals surface area contributed by atoms with Crippen molar-refractivity contribution in [3.05, 3.63) is 48.0 Å². The Labute approximate surface area is 115 Å². The molecule has 0 aliphatic heterocycles. The van der Waals surface area contributed by atoms with Crippen molar-refractivity contribution in [3.8, 4) is 22.6 Å². The third-order valence-electron chi connectivity index (χ3n) is 3.30. The Bertz CT molecular complexity index is 542. The average Bonchev–Trinajstić information content (AvgIpc) is 2.46. The van der Waals surface area contributed by atoms with E-state index in [1.807, 2.05) is 18.2 Å². The van der Waals surface area contributed by atoms with Crippen LogP contribution in [0.5, 0.6) is 11.5 Å². The molecule has 0 heterocycles. The van der Waals surface area contributed by atoms with E-state index in [0.29, 0.717) is 5.92 Å². The third-order valence-corrected chi connectivity index (χ3v) is 3.30. The number of hydrogen-bond donors (Lipinski definition) is 0. The molecular formula is C17H20O2. The number of methoxy groups -OCH3 is 2. The standard InChI is InChI=1S/C17H20O2/c1-12(2)13-5-7-14(8-6-13)16-10-9-15(18-3)11-17(16)19-4/h5-12H,1-4H3. The largest absolute Gasteiger partial charge is 0.497 e. The Kier molecular flexibility index (Phi) is 4.10. The van der Waals surface area contributed by atoms with E-state index in [1.54, 1.807) is 14.2 Å². The van der Waals surface area contributed by atoms with Gasteiger partial charge in [0.15, 0.2) is 0 Å². The van der Waals surface area contributed by atoms with Crippen LogP contribution in [0.15, 0.2) is 42.5 Å². The molecule has 0 spiro atoms. The monoisotopic (exact) mass is 256 g/mol. The fourth-order valence-electron chi connectivity index (χ4n) is 2.08. The second-order valence-electron chi connectivity index (χ2n) is 4.84. The van der Waals surface area contributed by atoms with E-state index in [2.05, 4.69) is 38.1 Å². The zero-order chi connectivity index (χ0) is 13.8. The van der Waals surface area contributed by atoms with Crippen LogP contribution in [0.3, 0.4) is 0 Å². The minimum atomic E-state index is 0.548. The van der Waals surface area contributed by atoms with Gasteiger partial charge in [-0.25, -0.2) is 0 Å². The van der Waals surface area contributed by atoms with Crippen molar-refractivity contribution >= 4 is 0 Å². The van der Waals surface area contributed by atoms with Crippen molar-refractivity contribution in [1.29, 1.82) is 0 Å². The van der Waals surface area contributed by atoms with Crippen LogP contribution in [-0.4, -0.2) is 14.2 Å². The van der Waals surface area contributed by atoms with Crippen molar-refractivity contribution in [2.24, 2.45) is 0 Å². The van der Waals surface area contributed by atoms with Gasteiger partial charge < -0.3 is 9.47 Å². The molecule has 0 aromatic heterocycles. The van der Waals surface area contributed by atoms with Gasteiger partial charge in [-0.1, -0.05) is 38.1 Å². The van der Waals surface area contributed by atoms with Gasteiger partial charge in [0, 0.05) is 11.6 Å². The summed E-state index contributed by atoms with van der Waals surface area (Å²) < 4.78 is 10.7. The van der Waals surface area contributed by atoms with Gasteiger partial charge in [0.1, 0.15) is 11.5 Å². The SMILES string of the molecule is COc1ccc(-c2ccc(C(C)C)cc2)c(OC)c1. The van der Waals surface area contributed by atoms with Crippen molar-refractivity contribution in [2.75, 3.05) is 14.2 Å². The first-order chi connectivity index (χ1) is 9.15. The number of hydrogen-bond acceptors (Lipinski definition) is 2. The highest BCUT2D eigenvalue weighted by atomic mass is 16.5. The second-order valence-corrected chi connectivity index (χ2v) is 4.84. The van der Waals surface area contributed by atoms with E-state index in [1.165, 1.54) is 5.56 Å². The highest BCUT2D eigenvalue weighted by Gasteiger charge is 2.08. The molecule has 0 amide bonds. The minimum Gasteiger partial charge on any atom is -0.497 e. The van der Waals surface area contributed by atoms with Crippen molar-refractivity contribution in [1.82, 2.24) is 0 Å². The summed E-state index contributed by atoms with van der Waals surface area (Å²) in [6.07, 6.45) is 0. The fraction of sp³-hybridized carbons (Fsp3) is 0.294. The van der Waals surface area contributed by atoms with Crippen LogP contribution in [-0.2, 0) is 0 Å². The van der Waals surface area contributed by atoms with Gasteiger partial charge in [-0.2, -0.15) is 0 Å².